The molecule has 0 saturated carbocycles. The average Bonchev–Trinajstić information content (AvgIpc) is 3.02. The summed E-state index contributed by atoms with van der Waals surface area (Å²) < 4.78 is 10.9. The number of nitrogens with one attached hydrogen (secondary N) is 1. The number of fused-ring (bicyclic) bond motifs is 1. The van der Waals surface area contributed by atoms with Gasteiger partial charge in [0.2, 0.25) is 5.91 Å². The second kappa shape index (κ2) is 7.91. The van der Waals surface area contributed by atoms with E-state index in [-0.39, 0.29) is 24.8 Å². The van der Waals surface area contributed by atoms with E-state index in [2.05, 4.69) is 5.32 Å². The molecule has 3 rings (SSSR count). The van der Waals surface area contributed by atoms with Gasteiger partial charge in [0.15, 0.2) is 0 Å². The zero-order valence-corrected chi connectivity index (χ0v) is 15.2. The third kappa shape index (κ3) is 3.90. The lowest BCUT2D eigenvalue weighted by molar-refractivity contribution is -0.144. The molecule has 1 aromatic heterocycles. The second-order valence-corrected chi connectivity index (χ2v) is 7.02. The Morgan fingerprint density at radius 1 is 1.27 bits per heavy atom. The Labute approximate surface area is 152 Å². The van der Waals surface area contributed by atoms with Gasteiger partial charge in [0.05, 0.1) is 18.6 Å². The molecule has 6 heteroatoms. The highest BCUT2D eigenvalue weighted by atomic mass is 16.5. The highest BCUT2D eigenvalue weighted by Crippen LogP contribution is 2.27. The molecule has 140 valence electrons. The Balaban J connectivity index is 1.63. The van der Waals surface area contributed by atoms with Crippen LogP contribution in [0.15, 0.2) is 22.8 Å². The van der Waals surface area contributed by atoms with Gasteiger partial charge >= 0.3 is 5.97 Å². The molecule has 1 atom stereocenters. The molecular weight excluding hydrogens is 334 g/mol. The Hall–Kier alpha value is -2.34. The van der Waals surface area contributed by atoms with Crippen LogP contribution < -0.4 is 5.32 Å². The van der Waals surface area contributed by atoms with E-state index in [1.807, 2.05) is 26.0 Å². The standard InChI is InChI=1S/C20H25NO5/c1-12-3-4-16-15(11-26-19(16)13(12)2)9-18(22)21-10-17(20(23)24)14-5-7-25-8-6-14/h3-4,11,14,17H,5-10H2,1-2H3,(H,21,22)(H,23,24). The molecule has 2 aromatic rings. The van der Waals surface area contributed by atoms with Crippen LogP contribution in [0.25, 0.3) is 11.0 Å². The van der Waals surface area contributed by atoms with Crippen molar-refractivity contribution >= 4 is 22.8 Å². The van der Waals surface area contributed by atoms with Crippen molar-refractivity contribution in [2.75, 3.05) is 19.8 Å². The normalized spacial score (nSPS) is 16.5. The monoisotopic (exact) mass is 359 g/mol. The first kappa shape index (κ1) is 18.5. The number of hydrogen-bond donors (Lipinski definition) is 2. The number of amides is 1. The summed E-state index contributed by atoms with van der Waals surface area (Å²) in [5, 5.41) is 13.2. The predicted octanol–water partition coefficient (Wildman–Crippen LogP) is 2.84. The summed E-state index contributed by atoms with van der Waals surface area (Å²) in [6.45, 7) is 5.33. The lowest BCUT2D eigenvalue weighted by Crippen LogP contribution is -2.39. The number of rotatable bonds is 6. The summed E-state index contributed by atoms with van der Waals surface area (Å²) in [4.78, 5) is 23.9. The summed E-state index contributed by atoms with van der Waals surface area (Å²) in [6, 6.07) is 3.98. The van der Waals surface area contributed by atoms with Crippen LogP contribution in [0, 0.1) is 25.7 Å². The van der Waals surface area contributed by atoms with E-state index in [0.717, 1.165) is 40.5 Å². The number of carboxylic acid groups (broad SMARTS) is 1. The molecule has 2 N–H and O–H groups in total. The maximum Gasteiger partial charge on any atom is 0.308 e. The lowest BCUT2D eigenvalue weighted by atomic mass is 9.86. The van der Waals surface area contributed by atoms with E-state index < -0.39 is 11.9 Å². The fourth-order valence-electron chi connectivity index (χ4n) is 3.56. The minimum atomic E-state index is -0.864. The van der Waals surface area contributed by atoms with Crippen LogP contribution in [-0.4, -0.2) is 36.7 Å². The fourth-order valence-corrected chi connectivity index (χ4v) is 3.56. The second-order valence-electron chi connectivity index (χ2n) is 7.02. The summed E-state index contributed by atoms with van der Waals surface area (Å²) in [5.41, 5.74) is 3.83. The van der Waals surface area contributed by atoms with E-state index in [4.69, 9.17) is 9.15 Å². The van der Waals surface area contributed by atoms with Crippen molar-refractivity contribution in [2.24, 2.45) is 11.8 Å². The first-order valence-electron chi connectivity index (χ1n) is 9.01. The Morgan fingerprint density at radius 3 is 2.69 bits per heavy atom. The number of hydrogen-bond acceptors (Lipinski definition) is 4. The molecule has 1 saturated heterocycles. The van der Waals surface area contributed by atoms with Gasteiger partial charge in [-0.05, 0) is 43.7 Å². The summed E-state index contributed by atoms with van der Waals surface area (Å²) in [5.74, 6) is -1.59. The lowest BCUT2D eigenvalue weighted by Gasteiger charge is -2.27. The largest absolute Gasteiger partial charge is 0.481 e. The van der Waals surface area contributed by atoms with Gasteiger partial charge in [0, 0.05) is 30.7 Å². The van der Waals surface area contributed by atoms with Crippen LogP contribution in [0.1, 0.15) is 29.5 Å². The van der Waals surface area contributed by atoms with Gasteiger partial charge in [0.25, 0.3) is 0 Å². The number of furan rings is 1. The van der Waals surface area contributed by atoms with Crippen molar-refractivity contribution < 1.29 is 23.8 Å². The van der Waals surface area contributed by atoms with Crippen molar-refractivity contribution in [3.8, 4) is 0 Å². The number of aliphatic carboxylic acids is 1. The minimum Gasteiger partial charge on any atom is -0.481 e. The molecule has 6 nitrogen and oxygen atoms in total. The quantitative estimate of drug-likeness (QED) is 0.828. The van der Waals surface area contributed by atoms with Gasteiger partial charge in [-0.1, -0.05) is 12.1 Å². The number of aryl methyl sites for hydroxylation is 2. The van der Waals surface area contributed by atoms with Crippen LogP contribution >= 0.6 is 0 Å². The van der Waals surface area contributed by atoms with Crippen molar-refractivity contribution in [1.82, 2.24) is 5.32 Å². The molecule has 0 aliphatic carbocycles. The fraction of sp³-hybridized carbons (Fsp3) is 0.500. The third-order valence-electron chi connectivity index (χ3n) is 5.36. The highest BCUT2D eigenvalue weighted by Gasteiger charge is 2.30. The molecule has 0 bridgehead atoms. The third-order valence-corrected chi connectivity index (χ3v) is 5.36. The Bertz CT molecular complexity index is 804. The van der Waals surface area contributed by atoms with E-state index in [0.29, 0.717) is 13.2 Å². The SMILES string of the molecule is Cc1ccc2c(CC(=O)NCC(C(=O)O)C3CCOCC3)coc2c1C. The first-order chi connectivity index (χ1) is 12.5. The molecule has 1 amide bonds. The van der Waals surface area contributed by atoms with Crippen molar-refractivity contribution in [2.45, 2.75) is 33.1 Å². The summed E-state index contributed by atoms with van der Waals surface area (Å²) in [7, 11) is 0. The first-order valence-corrected chi connectivity index (χ1v) is 9.01. The molecule has 1 aromatic carbocycles. The zero-order chi connectivity index (χ0) is 18.7. The molecule has 26 heavy (non-hydrogen) atoms. The maximum absolute atomic E-state index is 12.3. The number of carbonyl (C=O) groups excluding carboxylic acids is 1. The van der Waals surface area contributed by atoms with Gasteiger partial charge in [-0.15, -0.1) is 0 Å². The van der Waals surface area contributed by atoms with E-state index in [1.165, 1.54) is 0 Å². The van der Waals surface area contributed by atoms with Gasteiger partial charge in [-0.3, -0.25) is 9.59 Å². The molecule has 1 fully saturated rings. The zero-order valence-electron chi connectivity index (χ0n) is 15.2. The van der Waals surface area contributed by atoms with E-state index in [1.54, 1.807) is 6.26 Å². The van der Waals surface area contributed by atoms with Crippen LogP contribution in [-0.2, 0) is 20.7 Å². The van der Waals surface area contributed by atoms with E-state index in [9.17, 15) is 14.7 Å². The molecule has 2 heterocycles. The average molecular weight is 359 g/mol. The van der Waals surface area contributed by atoms with Crippen molar-refractivity contribution in [3.63, 3.8) is 0 Å². The Kier molecular flexibility index (Phi) is 5.61. The highest BCUT2D eigenvalue weighted by molar-refractivity contribution is 5.89. The molecule has 0 spiro atoms. The van der Waals surface area contributed by atoms with Crippen molar-refractivity contribution in [1.29, 1.82) is 0 Å². The van der Waals surface area contributed by atoms with Crippen LogP contribution in [0.3, 0.4) is 0 Å². The number of carbonyl (C=O) groups is 2. The molecular formula is C20H25NO5. The summed E-state index contributed by atoms with van der Waals surface area (Å²) in [6.07, 6.45) is 3.23. The number of carboxylic acids is 1. The molecule has 1 aliphatic heterocycles. The van der Waals surface area contributed by atoms with Crippen LogP contribution in [0.4, 0.5) is 0 Å². The van der Waals surface area contributed by atoms with Crippen molar-refractivity contribution in [3.05, 3.63) is 35.1 Å². The maximum atomic E-state index is 12.3. The number of benzene rings is 1. The van der Waals surface area contributed by atoms with Crippen LogP contribution in [0.2, 0.25) is 0 Å². The van der Waals surface area contributed by atoms with E-state index >= 15 is 0 Å². The summed E-state index contributed by atoms with van der Waals surface area (Å²) >= 11 is 0. The van der Waals surface area contributed by atoms with Gasteiger partial charge in [-0.25, -0.2) is 0 Å². The molecule has 1 unspecified atom stereocenters. The van der Waals surface area contributed by atoms with Gasteiger partial charge in [-0.2, -0.15) is 0 Å². The van der Waals surface area contributed by atoms with Crippen LogP contribution in [0.5, 0.6) is 0 Å². The Morgan fingerprint density at radius 2 is 2.00 bits per heavy atom. The molecule has 0 radical (unpaired) electrons. The minimum absolute atomic E-state index is 0.0435. The van der Waals surface area contributed by atoms with Gasteiger partial charge < -0.3 is 19.6 Å². The topological polar surface area (TPSA) is 88.8 Å². The van der Waals surface area contributed by atoms with Gasteiger partial charge in [0.1, 0.15) is 5.58 Å². The predicted molar refractivity (Wildman–Crippen MR) is 97.1 cm³/mol. The number of ether oxygens (including phenoxy) is 1. The molecule has 1 aliphatic rings. The smallest absolute Gasteiger partial charge is 0.308 e.